The van der Waals surface area contributed by atoms with Gasteiger partial charge in [0.1, 0.15) is 10.7 Å². The number of fused-ring (bicyclic) bond motifs is 1. The van der Waals surface area contributed by atoms with Gasteiger partial charge < -0.3 is 10.1 Å². The van der Waals surface area contributed by atoms with E-state index in [-0.39, 0.29) is 11.9 Å². The molecule has 1 amide bonds. The van der Waals surface area contributed by atoms with E-state index in [4.69, 9.17) is 4.74 Å². The SMILES string of the molecule is CCOC(=O)c1c(NC(=O)c2ccnn2CC)sc2c1CCC2. The normalized spacial score (nSPS) is 13.0. The van der Waals surface area contributed by atoms with Crippen LogP contribution in [0, 0.1) is 0 Å². The van der Waals surface area contributed by atoms with Gasteiger partial charge in [-0.25, -0.2) is 4.79 Å². The van der Waals surface area contributed by atoms with E-state index in [9.17, 15) is 9.59 Å². The molecular formula is C16H19N3O3S. The van der Waals surface area contributed by atoms with Gasteiger partial charge in [-0.05, 0) is 44.7 Å². The first-order valence-corrected chi connectivity index (χ1v) is 8.62. The lowest BCUT2D eigenvalue weighted by atomic mass is 10.1. The van der Waals surface area contributed by atoms with Crippen LogP contribution in [0.1, 0.15) is 51.6 Å². The van der Waals surface area contributed by atoms with Gasteiger partial charge in [-0.3, -0.25) is 9.48 Å². The molecule has 0 aliphatic heterocycles. The number of esters is 1. The van der Waals surface area contributed by atoms with E-state index < -0.39 is 0 Å². The van der Waals surface area contributed by atoms with Crippen molar-refractivity contribution in [3.63, 3.8) is 0 Å². The van der Waals surface area contributed by atoms with E-state index in [0.717, 1.165) is 24.8 Å². The summed E-state index contributed by atoms with van der Waals surface area (Å²) in [6.45, 7) is 4.64. The highest BCUT2D eigenvalue weighted by atomic mass is 32.1. The van der Waals surface area contributed by atoms with Crippen LogP contribution in [0.3, 0.4) is 0 Å². The molecule has 0 spiro atoms. The Morgan fingerprint density at radius 1 is 1.39 bits per heavy atom. The molecule has 0 unspecified atom stereocenters. The molecule has 0 radical (unpaired) electrons. The Hall–Kier alpha value is -2.15. The third kappa shape index (κ3) is 2.88. The van der Waals surface area contributed by atoms with Crippen LogP contribution in [0.4, 0.5) is 5.00 Å². The monoisotopic (exact) mass is 333 g/mol. The van der Waals surface area contributed by atoms with Gasteiger partial charge in [-0.2, -0.15) is 5.10 Å². The summed E-state index contributed by atoms with van der Waals surface area (Å²) in [6, 6.07) is 1.67. The van der Waals surface area contributed by atoms with Crippen molar-refractivity contribution in [1.29, 1.82) is 0 Å². The Balaban J connectivity index is 1.91. The summed E-state index contributed by atoms with van der Waals surface area (Å²) in [5.41, 5.74) is 2.05. The maximum Gasteiger partial charge on any atom is 0.341 e. The summed E-state index contributed by atoms with van der Waals surface area (Å²) >= 11 is 1.48. The van der Waals surface area contributed by atoms with Crippen LogP contribution in [0.15, 0.2) is 12.3 Å². The number of nitrogens with one attached hydrogen (secondary N) is 1. The minimum Gasteiger partial charge on any atom is -0.462 e. The van der Waals surface area contributed by atoms with E-state index in [0.29, 0.717) is 29.4 Å². The molecule has 0 saturated heterocycles. The standard InChI is InChI=1S/C16H19N3O3S/c1-3-19-11(8-9-17-19)14(20)18-15-13(16(21)22-4-2)10-6-5-7-12(10)23-15/h8-9H,3-7H2,1-2H3,(H,18,20). The molecule has 0 saturated carbocycles. The fraction of sp³-hybridized carbons (Fsp3) is 0.438. The van der Waals surface area contributed by atoms with Gasteiger partial charge in [-0.1, -0.05) is 0 Å². The largest absolute Gasteiger partial charge is 0.462 e. The first-order valence-electron chi connectivity index (χ1n) is 7.80. The number of hydrogen-bond acceptors (Lipinski definition) is 5. The maximum atomic E-state index is 12.5. The van der Waals surface area contributed by atoms with Gasteiger partial charge in [0.2, 0.25) is 0 Å². The summed E-state index contributed by atoms with van der Waals surface area (Å²) in [6.07, 6.45) is 4.46. The molecular weight excluding hydrogens is 314 g/mol. The zero-order chi connectivity index (χ0) is 16.4. The van der Waals surface area contributed by atoms with Crippen molar-refractivity contribution in [2.24, 2.45) is 0 Å². The number of hydrogen-bond donors (Lipinski definition) is 1. The molecule has 1 aliphatic carbocycles. The summed E-state index contributed by atoms with van der Waals surface area (Å²) in [5.74, 6) is -0.610. The third-order valence-corrected chi connectivity index (χ3v) is 5.08. The number of nitrogens with zero attached hydrogens (tertiary/aromatic N) is 2. The number of aromatic nitrogens is 2. The Labute approximate surface area is 138 Å². The average molecular weight is 333 g/mol. The van der Waals surface area contributed by atoms with Crippen LogP contribution in [-0.2, 0) is 24.1 Å². The molecule has 23 heavy (non-hydrogen) atoms. The molecule has 0 atom stereocenters. The lowest BCUT2D eigenvalue weighted by molar-refractivity contribution is 0.0527. The Kier molecular flexibility index (Phi) is 4.47. The topological polar surface area (TPSA) is 73.2 Å². The number of carbonyl (C=O) groups is 2. The van der Waals surface area contributed by atoms with Gasteiger partial charge in [0.25, 0.3) is 5.91 Å². The Morgan fingerprint density at radius 3 is 2.96 bits per heavy atom. The van der Waals surface area contributed by atoms with Crippen LogP contribution in [0.2, 0.25) is 0 Å². The molecule has 1 N–H and O–H groups in total. The van der Waals surface area contributed by atoms with Crippen LogP contribution in [0.25, 0.3) is 0 Å². The summed E-state index contributed by atoms with van der Waals surface area (Å²) in [5, 5.41) is 7.56. The fourth-order valence-corrected chi connectivity index (χ4v) is 4.13. The van der Waals surface area contributed by atoms with Crippen molar-refractivity contribution in [3.8, 4) is 0 Å². The van der Waals surface area contributed by atoms with E-state index >= 15 is 0 Å². The summed E-state index contributed by atoms with van der Waals surface area (Å²) in [4.78, 5) is 26.0. The first kappa shape index (κ1) is 15.7. The second-order valence-corrected chi connectivity index (χ2v) is 6.37. The molecule has 2 heterocycles. The number of anilines is 1. The molecule has 6 nitrogen and oxygen atoms in total. The molecule has 0 aromatic carbocycles. The van der Waals surface area contributed by atoms with Crippen molar-refractivity contribution in [1.82, 2.24) is 9.78 Å². The molecule has 0 bridgehead atoms. The second kappa shape index (κ2) is 6.54. The number of amides is 1. The molecule has 2 aromatic rings. The highest BCUT2D eigenvalue weighted by molar-refractivity contribution is 7.17. The zero-order valence-corrected chi connectivity index (χ0v) is 14.0. The van der Waals surface area contributed by atoms with Gasteiger partial charge in [0.15, 0.2) is 0 Å². The predicted octanol–water partition coefficient (Wildman–Crippen LogP) is 2.88. The lowest BCUT2D eigenvalue weighted by Crippen LogP contribution is -2.18. The number of aryl methyl sites for hydroxylation is 2. The van der Waals surface area contributed by atoms with Crippen molar-refractivity contribution in [3.05, 3.63) is 34.0 Å². The molecule has 0 fully saturated rings. The summed E-state index contributed by atoms with van der Waals surface area (Å²) in [7, 11) is 0. The van der Waals surface area contributed by atoms with Crippen LogP contribution < -0.4 is 5.32 Å². The van der Waals surface area contributed by atoms with Crippen molar-refractivity contribution < 1.29 is 14.3 Å². The van der Waals surface area contributed by atoms with Gasteiger partial charge in [-0.15, -0.1) is 11.3 Å². The molecule has 122 valence electrons. The van der Waals surface area contributed by atoms with Gasteiger partial charge >= 0.3 is 5.97 Å². The third-order valence-electron chi connectivity index (χ3n) is 3.88. The van der Waals surface area contributed by atoms with Crippen molar-refractivity contribution in [2.75, 3.05) is 11.9 Å². The average Bonchev–Trinajstić information content (AvgIpc) is 3.21. The Morgan fingerprint density at radius 2 is 2.22 bits per heavy atom. The predicted molar refractivity (Wildman–Crippen MR) is 88.2 cm³/mol. The van der Waals surface area contributed by atoms with Gasteiger partial charge in [0.05, 0.1) is 12.2 Å². The van der Waals surface area contributed by atoms with E-state index in [1.807, 2.05) is 6.92 Å². The van der Waals surface area contributed by atoms with Crippen LogP contribution in [-0.4, -0.2) is 28.3 Å². The lowest BCUT2D eigenvalue weighted by Gasteiger charge is -2.08. The highest BCUT2D eigenvalue weighted by Gasteiger charge is 2.28. The maximum absolute atomic E-state index is 12.5. The van der Waals surface area contributed by atoms with Crippen LogP contribution >= 0.6 is 11.3 Å². The number of thiophene rings is 1. The van der Waals surface area contributed by atoms with Gasteiger partial charge in [0, 0.05) is 17.6 Å². The summed E-state index contributed by atoms with van der Waals surface area (Å²) < 4.78 is 6.79. The molecule has 7 heteroatoms. The minimum absolute atomic E-state index is 0.255. The van der Waals surface area contributed by atoms with Crippen molar-refractivity contribution >= 4 is 28.2 Å². The number of rotatable bonds is 5. The quantitative estimate of drug-likeness (QED) is 0.854. The number of carbonyl (C=O) groups excluding carboxylic acids is 2. The van der Waals surface area contributed by atoms with E-state index in [2.05, 4.69) is 10.4 Å². The highest BCUT2D eigenvalue weighted by Crippen LogP contribution is 2.39. The fourth-order valence-electron chi connectivity index (χ4n) is 2.86. The number of ether oxygens (including phenoxy) is 1. The molecule has 2 aromatic heterocycles. The smallest absolute Gasteiger partial charge is 0.341 e. The Bertz CT molecular complexity index is 748. The van der Waals surface area contributed by atoms with E-state index in [1.165, 1.54) is 16.2 Å². The van der Waals surface area contributed by atoms with Crippen molar-refractivity contribution in [2.45, 2.75) is 39.7 Å². The second-order valence-electron chi connectivity index (χ2n) is 5.27. The van der Waals surface area contributed by atoms with Crippen LogP contribution in [0.5, 0.6) is 0 Å². The minimum atomic E-state index is -0.355. The molecule has 3 rings (SSSR count). The zero-order valence-electron chi connectivity index (χ0n) is 13.2. The first-order chi connectivity index (χ1) is 11.2. The van der Waals surface area contributed by atoms with E-state index in [1.54, 1.807) is 23.9 Å². The molecule has 1 aliphatic rings.